The molecule has 0 bridgehead atoms. The number of rotatable bonds is 11. The maximum Gasteiger partial charge on any atom is 0.311 e. The maximum atomic E-state index is 12.7. The third kappa shape index (κ3) is 8.71. The van der Waals surface area contributed by atoms with Gasteiger partial charge in [-0.25, -0.2) is 0 Å². The second kappa shape index (κ2) is 13.4. The molecule has 1 fully saturated rings. The van der Waals surface area contributed by atoms with Gasteiger partial charge in [0.1, 0.15) is 24.9 Å². The highest BCUT2D eigenvalue weighted by atomic mass is 16.6. The SMILES string of the molecule is C=C(COC(C)=O)[C@H]1C[C@H](OC(=O)CC(C)C)/C(COC(=O)[C@H](C)[C@H](C)O)=C/CC[C@@]2(CO)O[C@@H]2C1. The Kier molecular flexibility index (Phi) is 11.1. The summed E-state index contributed by atoms with van der Waals surface area (Å²) < 4.78 is 22.5. The molecule has 0 unspecified atom stereocenters. The van der Waals surface area contributed by atoms with Gasteiger partial charge >= 0.3 is 17.9 Å². The van der Waals surface area contributed by atoms with Crippen LogP contribution in [0.1, 0.15) is 66.7 Å². The summed E-state index contributed by atoms with van der Waals surface area (Å²) in [6.07, 6.45) is 2.31. The molecule has 9 nitrogen and oxygen atoms in total. The lowest BCUT2D eigenvalue weighted by atomic mass is 9.83. The number of hydrogen-bond donors (Lipinski definition) is 2. The fraction of sp³-hybridized carbons (Fsp3) is 0.741. The Labute approximate surface area is 213 Å². The van der Waals surface area contributed by atoms with Crippen LogP contribution in [0.4, 0.5) is 0 Å². The summed E-state index contributed by atoms with van der Waals surface area (Å²) in [7, 11) is 0. The first-order valence-corrected chi connectivity index (χ1v) is 12.7. The number of ether oxygens (including phenoxy) is 4. The Morgan fingerprint density at radius 3 is 2.47 bits per heavy atom. The van der Waals surface area contributed by atoms with E-state index in [2.05, 4.69) is 6.58 Å². The van der Waals surface area contributed by atoms with Crippen LogP contribution in [-0.2, 0) is 33.3 Å². The molecule has 0 saturated carbocycles. The quantitative estimate of drug-likeness (QED) is 0.186. The van der Waals surface area contributed by atoms with Crippen molar-refractivity contribution in [3.8, 4) is 0 Å². The topological polar surface area (TPSA) is 132 Å². The van der Waals surface area contributed by atoms with E-state index in [4.69, 9.17) is 18.9 Å². The van der Waals surface area contributed by atoms with Crippen LogP contribution in [0.5, 0.6) is 0 Å². The van der Waals surface area contributed by atoms with E-state index in [1.54, 1.807) is 6.92 Å². The van der Waals surface area contributed by atoms with Gasteiger partial charge in [-0.2, -0.15) is 0 Å². The monoisotopic (exact) mass is 510 g/mol. The molecule has 6 atom stereocenters. The van der Waals surface area contributed by atoms with Gasteiger partial charge in [-0.3, -0.25) is 14.4 Å². The van der Waals surface area contributed by atoms with E-state index in [9.17, 15) is 24.6 Å². The molecule has 1 heterocycles. The number of aliphatic hydroxyl groups excluding tert-OH is 2. The molecule has 204 valence electrons. The predicted octanol–water partition coefficient (Wildman–Crippen LogP) is 2.87. The van der Waals surface area contributed by atoms with Gasteiger partial charge in [-0.1, -0.05) is 26.5 Å². The normalized spacial score (nSPS) is 29.1. The number of epoxide rings is 1. The third-order valence-electron chi connectivity index (χ3n) is 6.92. The zero-order chi connectivity index (χ0) is 27.0. The van der Waals surface area contributed by atoms with Crippen LogP contribution in [0.25, 0.3) is 0 Å². The molecule has 2 N–H and O–H groups in total. The van der Waals surface area contributed by atoms with E-state index in [0.717, 1.165) is 0 Å². The van der Waals surface area contributed by atoms with Crippen LogP contribution in [0.15, 0.2) is 23.8 Å². The van der Waals surface area contributed by atoms with Gasteiger partial charge in [0.15, 0.2) is 0 Å². The molecule has 1 aliphatic carbocycles. The number of hydrogen-bond acceptors (Lipinski definition) is 9. The van der Waals surface area contributed by atoms with Crippen molar-refractivity contribution in [3.05, 3.63) is 23.8 Å². The van der Waals surface area contributed by atoms with Crippen LogP contribution in [0.3, 0.4) is 0 Å². The summed E-state index contributed by atoms with van der Waals surface area (Å²) in [5, 5.41) is 19.7. The van der Waals surface area contributed by atoms with Crippen molar-refractivity contribution in [2.75, 3.05) is 19.8 Å². The van der Waals surface area contributed by atoms with E-state index in [1.165, 1.54) is 13.8 Å². The number of carbonyl (C=O) groups excluding carboxylic acids is 3. The summed E-state index contributed by atoms with van der Waals surface area (Å²) >= 11 is 0. The number of allylic oxidation sites excluding steroid dienone is 1. The molecule has 2 rings (SSSR count). The van der Waals surface area contributed by atoms with E-state index in [0.29, 0.717) is 36.8 Å². The van der Waals surface area contributed by atoms with Crippen LogP contribution in [-0.4, -0.2) is 71.9 Å². The van der Waals surface area contributed by atoms with Crippen molar-refractivity contribution in [1.82, 2.24) is 0 Å². The maximum absolute atomic E-state index is 12.7. The molecule has 2 aliphatic rings. The zero-order valence-electron chi connectivity index (χ0n) is 22.2. The first-order valence-electron chi connectivity index (χ1n) is 12.7. The first-order chi connectivity index (χ1) is 16.9. The van der Waals surface area contributed by atoms with Crippen molar-refractivity contribution in [2.45, 2.75) is 90.6 Å². The highest BCUT2D eigenvalue weighted by molar-refractivity contribution is 5.73. The van der Waals surface area contributed by atoms with Crippen molar-refractivity contribution >= 4 is 17.9 Å². The summed E-state index contributed by atoms with van der Waals surface area (Å²) in [6, 6.07) is 0. The minimum absolute atomic E-state index is 0.0193. The molecule has 1 saturated heterocycles. The molecule has 0 aromatic heterocycles. The Morgan fingerprint density at radius 2 is 1.89 bits per heavy atom. The fourth-order valence-electron chi connectivity index (χ4n) is 4.29. The fourth-order valence-corrected chi connectivity index (χ4v) is 4.29. The van der Waals surface area contributed by atoms with Gasteiger partial charge in [0.25, 0.3) is 0 Å². The molecule has 0 aromatic carbocycles. The standard InChI is InChI=1S/C27H42O9/c1-16(2)10-25(31)35-23-11-22(17(3)13-33-20(6)30)12-24-27(15-28,36-24)9-7-8-21(23)14-34-26(32)18(4)19(5)29/h8,16,18-19,22-24,28-29H,3,7,9-15H2,1-2,4-6H3/b21-8+/t18-,19+,22+,23+,24-,27+/m1/s1. The van der Waals surface area contributed by atoms with E-state index >= 15 is 0 Å². The number of fused-ring (bicyclic) bond motifs is 1. The molecule has 0 aromatic rings. The van der Waals surface area contributed by atoms with E-state index in [1.807, 2.05) is 19.9 Å². The molecule has 9 heteroatoms. The van der Waals surface area contributed by atoms with Crippen LogP contribution in [0, 0.1) is 17.8 Å². The van der Waals surface area contributed by atoms with Gasteiger partial charge in [0.05, 0.1) is 24.7 Å². The molecule has 0 amide bonds. The Balaban J connectivity index is 2.33. The lowest BCUT2D eigenvalue weighted by Gasteiger charge is -2.28. The second-order valence-electron chi connectivity index (χ2n) is 10.5. The number of esters is 3. The summed E-state index contributed by atoms with van der Waals surface area (Å²) in [5.41, 5.74) is 0.619. The molecular formula is C27H42O9. The van der Waals surface area contributed by atoms with Gasteiger partial charge in [0, 0.05) is 18.9 Å². The number of carbonyl (C=O) groups is 3. The highest BCUT2D eigenvalue weighted by Gasteiger charge is 2.56. The molecule has 36 heavy (non-hydrogen) atoms. The first kappa shape index (κ1) is 30.0. The Hall–Kier alpha value is -2.23. The summed E-state index contributed by atoms with van der Waals surface area (Å²) in [4.78, 5) is 36.5. The van der Waals surface area contributed by atoms with Crippen LogP contribution < -0.4 is 0 Å². The minimum atomic E-state index is -0.863. The second-order valence-corrected chi connectivity index (χ2v) is 10.5. The van der Waals surface area contributed by atoms with Crippen molar-refractivity contribution in [3.63, 3.8) is 0 Å². The van der Waals surface area contributed by atoms with Gasteiger partial charge in [0.2, 0.25) is 0 Å². The van der Waals surface area contributed by atoms with E-state index in [-0.39, 0.29) is 50.2 Å². The lowest BCUT2D eigenvalue weighted by Crippen LogP contribution is -2.32. The summed E-state index contributed by atoms with van der Waals surface area (Å²) in [5.74, 6) is -2.19. The number of aliphatic hydroxyl groups is 2. The van der Waals surface area contributed by atoms with Crippen LogP contribution in [0.2, 0.25) is 0 Å². The Morgan fingerprint density at radius 1 is 1.19 bits per heavy atom. The Bertz CT molecular complexity index is 831. The predicted molar refractivity (Wildman–Crippen MR) is 132 cm³/mol. The third-order valence-corrected chi connectivity index (χ3v) is 6.92. The van der Waals surface area contributed by atoms with Crippen molar-refractivity contribution in [1.29, 1.82) is 0 Å². The largest absolute Gasteiger partial charge is 0.461 e. The van der Waals surface area contributed by atoms with Gasteiger partial charge in [-0.05, 0) is 56.9 Å². The van der Waals surface area contributed by atoms with Crippen molar-refractivity contribution in [2.24, 2.45) is 17.8 Å². The average Bonchev–Trinajstić information content (AvgIpc) is 3.49. The smallest absolute Gasteiger partial charge is 0.311 e. The van der Waals surface area contributed by atoms with Gasteiger partial charge < -0.3 is 29.2 Å². The molecule has 0 radical (unpaired) electrons. The highest BCUT2D eigenvalue weighted by Crippen LogP contribution is 2.46. The summed E-state index contributed by atoms with van der Waals surface area (Å²) in [6.45, 7) is 12.2. The molecular weight excluding hydrogens is 468 g/mol. The van der Waals surface area contributed by atoms with E-state index < -0.39 is 35.7 Å². The van der Waals surface area contributed by atoms with Gasteiger partial charge in [-0.15, -0.1) is 0 Å². The molecule has 1 aliphatic heterocycles. The lowest BCUT2D eigenvalue weighted by molar-refractivity contribution is -0.152. The zero-order valence-corrected chi connectivity index (χ0v) is 22.2. The van der Waals surface area contributed by atoms with Crippen molar-refractivity contribution < 1.29 is 43.5 Å². The molecule has 0 spiro atoms. The van der Waals surface area contributed by atoms with Crippen LogP contribution >= 0.6 is 0 Å². The minimum Gasteiger partial charge on any atom is -0.461 e. The average molecular weight is 511 g/mol.